The Balaban J connectivity index is 3.43. The highest BCUT2D eigenvalue weighted by Gasteiger charge is 2.23. The van der Waals surface area contributed by atoms with Crippen LogP contribution in [0.1, 0.15) is 0 Å². The van der Waals surface area contributed by atoms with Crippen LogP contribution in [0.25, 0.3) is 0 Å². The maximum Gasteiger partial charge on any atom is 0.335 e. The largest absolute Gasteiger partial charge is 0.372 e. The average molecular weight is 152 g/mol. The van der Waals surface area contributed by atoms with E-state index in [0.29, 0.717) is 0 Å². The van der Waals surface area contributed by atoms with Gasteiger partial charge in [0.15, 0.2) is 0 Å². The molecule has 0 aliphatic rings. The van der Waals surface area contributed by atoms with Crippen molar-refractivity contribution in [2.75, 3.05) is 13.6 Å². The Morgan fingerprint density at radius 1 is 1.11 bits per heavy atom. The zero-order valence-electron chi connectivity index (χ0n) is 5.63. The predicted octanol–water partition coefficient (Wildman–Crippen LogP) is -0.379. The lowest BCUT2D eigenvalue weighted by Gasteiger charge is -2.19. The molecule has 0 rings (SSSR count). The summed E-state index contributed by atoms with van der Waals surface area (Å²) in [6.45, 7) is 2.78. The Morgan fingerprint density at radius 3 is 1.67 bits per heavy atom. The van der Waals surface area contributed by atoms with Crippen LogP contribution in [-0.4, -0.2) is 32.4 Å². The molecule has 0 heterocycles. The van der Waals surface area contributed by atoms with Crippen LogP contribution >= 0.6 is 0 Å². The smallest absolute Gasteiger partial charge is 0.335 e. The molecule has 0 aliphatic carbocycles. The first-order valence-corrected chi connectivity index (χ1v) is 5.43. The van der Waals surface area contributed by atoms with Gasteiger partial charge in [0.2, 0.25) is 0 Å². The summed E-state index contributed by atoms with van der Waals surface area (Å²) in [5, 5.41) is 16.6. The minimum atomic E-state index is -2.20. The Labute approximate surface area is 55.3 Å². The topological polar surface area (TPSA) is 58.9 Å². The van der Waals surface area contributed by atoms with Gasteiger partial charge in [-0.25, -0.2) is 0 Å². The van der Waals surface area contributed by atoms with Gasteiger partial charge >= 0.3 is 8.56 Å². The Hall–Kier alpha value is 0.0569. The molecule has 0 aromatic carbocycles. The van der Waals surface area contributed by atoms with Gasteiger partial charge in [0.05, 0.1) is 0 Å². The van der Waals surface area contributed by atoms with E-state index in [1.165, 1.54) is 0 Å². The summed E-state index contributed by atoms with van der Waals surface area (Å²) < 4.78 is 9.56. The minimum Gasteiger partial charge on any atom is -0.372 e. The van der Waals surface area contributed by atoms with E-state index in [9.17, 15) is 0 Å². The molecular formula is C4H12O4Si. The van der Waals surface area contributed by atoms with Crippen molar-refractivity contribution in [3.8, 4) is 0 Å². The molecule has 0 saturated heterocycles. The number of aliphatic hydroxyl groups excluding tert-OH is 2. The van der Waals surface area contributed by atoms with E-state index in [4.69, 9.17) is 19.1 Å². The van der Waals surface area contributed by atoms with Gasteiger partial charge in [0.25, 0.3) is 0 Å². The van der Waals surface area contributed by atoms with Crippen molar-refractivity contribution >= 4 is 8.56 Å². The fourth-order valence-electron chi connectivity index (χ4n) is 0.353. The second-order valence-corrected chi connectivity index (χ2v) is 5.32. The maximum absolute atomic E-state index is 8.28. The van der Waals surface area contributed by atoms with Crippen LogP contribution in [0.5, 0.6) is 0 Å². The van der Waals surface area contributed by atoms with E-state index < -0.39 is 8.56 Å². The van der Waals surface area contributed by atoms with Crippen LogP contribution in [0.4, 0.5) is 0 Å². The normalized spacial score (nSPS) is 12.0. The van der Waals surface area contributed by atoms with Crippen molar-refractivity contribution in [3.63, 3.8) is 0 Å². The minimum absolute atomic E-state index is 0.348. The van der Waals surface area contributed by atoms with Gasteiger partial charge in [-0.2, -0.15) is 0 Å². The highest BCUT2D eigenvalue weighted by atomic mass is 28.4. The van der Waals surface area contributed by atoms with Crippen molar-refractivity contribution in [1.29, 1.82) is 0 Å². The third kappa shape index (κ3) is 4.55. The second kappa shape index (κ2) is 3.97. The quantitative estimate of drug-likeness (QED) is 0.426. The summed E-state index contributed by atoms with van der Waals surface area (Å²) in [6.07, 6.45) is 0. The number of hydrogen-bond acceptors (Lipinski definition) is 4. The molecule has 0 atom stereocenters. The molecule has 0 unspecified atom stereocenters. The molecule has 0 radical (unpaired) electrons. The Morgan fingerprint density at radius 2 is 1.44 bits per heavy atom. The molecule has 0 saturated carbocycles. The Kier molecular flexibility index (Phi) is 3.99. The van der Waals surface area contributed by atoms with E-state index >= 15 is 0 Å². The summed E-state index contributed by atoms with van der Waals surface area (Å²) >= 11 is 0. The van der Waals surface area contributed by atoms with E-state index in [2.05, 4.69) is 0 Å². The number of aliphatic hydroxyl groups is 2. The van der Waals surface area contributed by atoms with Gasteiger partial charge < -0.3 is 19.1 Å². The van der Waals surface area contributed by atoms with Gasteiger partial charge in [-0.3, -0.25) is 0 Å². The summed E-state index contributed by atoms with van der Waals surface area (Å²) in [5.74, 6) is 0. The lowest BCUT2D eigenvalue weighted by atomic mass is 11.6. The summed E-state index contributed by atoms with van der Waals surface area (Å²) in [5.41, 5.74) is 0. The SMILES string of the molecule is C[Si](C)(OCO)OCO. The Bertz CT molecular complexity index is 67.0. The maximum atomic E-state index is 8.28. The fourth-order valence-corrected chi connectivity index (χ4v) is 1.06. The van der Waals surface area contributed by atoms with Crippen LogP contribution in [0.2, 0.25) is 13.1 Å². The van der Waals surface area contributed by atoms with Crippen LogP contribution in [0.15, 0.2) is 0 Å². The lowest BCUT2D eigenvalue weighted by Crippen LogP contribution is -2.35. The fraction of sp³-hybridized carbons (Fsp3) is 1.00. The molecule has 0 bridgehead atoms. The second-order valence-electron chi connectivity index (χ2n) is 1.95. The molecule has 2 N–H and O–H groups in total. The van der Waals surface area contributed by atoms with Crippen molar-refractivity contribution < 1.29 is 19.1 Å². The van der Waals surface area contributed by atoms with Gasteiger partial charge in [0, 0.05) is 0 Å². The molecule has 4 nitrogen and oxygen atoms in total. The first-order chi connectivity index (χ1) is 4.12. The third-order valence-corrected chi connectivity index (χ3v) is 2.47. The van der Waals surface area contributed by atoms with E-state index in [1.54, 1.807) is 13.1 Å². The molecule has 5 heteroatoms. The molecule has 9 heavy (non-hydrogen) atoms. The number of rotatable bonds is 4. The predicted molar refractivity (Wildman–Crippen MR) is 33.8 cm³/mol. The highest BCUT2D eigenvalue weighted by Crippen LogP contribution is 2.03. The lowest BCUT2D eigenvalue weighted by molar-refractivity contribution is 0.0181. The van der Waals surface area contributed by atoms with E-state index in [0.717, 1.165) is 0 Å². The average Bonchev–Trinajstić information content (AvgIpc) is 1.64. The molecule has 0 aliphatic heterocycles. The van der Waals surface area contributed by atoms with Crippen molar-refractivity contribution in [2.45, 2.75) is 13.1 Å². The summed E-state index contributed by atoms with van der Waals surface area (Å²) in [7, 11) is -2.20. The zero-order valence-corrected chi connectivity index (χ0v) is 6.63. The molecule has 0 spiro atoms. The number of hydrogen-bond donors (Lipinski definition) is 2. The van der Waals surface area contributed by atoms with Crippen molar-refractivity contribution in [2.24, 2.45) is 0 Å². The van der Waals surface area contributed by atoms with Crippen molar-refractivity contribution in [1.82, 2.24) is 0 Å². The van der Waals surface area contributed by atoms with Crippen LogP contribution in [0.3, 0.4) is 0 Å². The van der Waals surface area contributed by atoms with Crippen LogP contribution < -0.4 is 0 Å². The molecular weight excluding hydrogens is 140 g/mol. The highest BCUT2D eigenvalue weighted by molar-refractivity contribution is 6.64. The first-order valence-electron chi connectivity index (χ1n) is 2.62. The molecule has 0 aromatic rings. The molecule has 56 valence electrons. The third-order valence-electron chi connectivity index (χ3n) is 0.824. The monoisotopic (exact) mass is 152 g/mol. The van der Waals surface area contributed by atoms with E-state index in [1.807, 2.05) is 0 Å². The van der Waals surface area contributed by atoms with Crippen LogP contribution in [-0.2, 0) is 8.85 Å². The van der Waals surface area contributed by atoms with Gasteiger partial charge in [-0.15, -0.1) is 0 Å². The van der Waals surface area contributed by atoms with E-state index in [-0.39, 0.29) is 13.6 Å². The van der Waals surface area contributed by atoms with Gasteiger partial charge in [-0.05, 0) is 13.1 Å². The summed E-state index contributed by atoms with van der Waals surface area (Å²) in [4.78, 5) is 0. The molecule has 0 aromatic heterocycles. The zero-order chi connectivity index (χ0) is 7.33. The van der Waals surface area contributed by atoms with Gasteiger partial charge in [0.1, 0.15) is 13.6 Å². The first kappa shape index (κ1) is 9.06. The summed E-state index contributed by atoms with van der Waals surface area (Å²) in [6, 6.07) is 0. The van der Waals surface area contributed by atoms with Gasteiger partial charge in [-0.1, -0.05) is 0 Å². The molecule has 0 amide bonds. The standard InChI is InChI=1S/C4H12O4Si/c1-9(2,7-3-5)8-4-6/h5-6H,3-4H2,1-2H3. The van der Waals surface area contributed by atoms with Crippen LogP contribution in [0, 0.1) is 0 Å². The molecule has 0 fully saturated rings. The van der Waals surface area contributed by atoms with Crippen molar-refractivity contribution in [3.05, 3.63) is 0 Å².